The quantitative estimate of drug-likeness (QED) is 0.450. The molecule has 0 aromatic carbocycles. The van der Waals surface area contributed by atoms with Crippen LogP contribution in [0.2, 0.25) is 0 Å². The molecule has 0 amide bonds. The highest BCUT2D eigenvalue weighted by atomic mass is 16.7. The maximum Gasteiger partial charge on any atom is 0.188 e. The van der Waals surface area contributed by atoms with E-state index in [1.165, 1.54) is 0 Å². The van der Waals surface area contributed by atoms with Gasteiger partial charge in [0.15, 0.2) is 6.79 Å². The van der Waals surface area contributed by atoms with Gasteiger partial charge in [0.1, 0.15) is 0 Å². The molecule has 0 bridgehead atoms. The predicted octanol–water partition coefficient (Wildman–Crippen LogP) is 0.895. The van der Waals surface area contributed by atoms with E-state index in [0.29, 0.717) is 6.79 Å². The van der Waals surface area contributed by atoms with E-state index in [4.69, 9.17) is 9.47 Å². The minimum atomic E-state index is 0.388. The van der Waals surface area contributed by atoms with Crippen molar-refractivity contribution in [1.82, 2.24) is 0 Å². The van der Waals surface area contributed by atoms with Gasteiger partial charge in [0.2, 0.25) is 0 Å². The summed E-state index contributed by atoms with van der Waals surface area (Å²) in [5.41, 5.74) is 0. The van der Waals surface area contributed by atoms with Gasteiger partial charge >= 0.3 is 0 Å². The number of ether oxygens (including phenoxy) is 2. The highest BCUT2D eigenvalue weighted by molar-refractivity contribution is 4.82. The van der Waals surface area contributed by atoms with Gasteiger partial charge in [0, 0.05) is 6.42 Å². The van der Waals surface area contributed by atoms with Crippen LogP contribution in [0.25, 0.3) is 0 Å². The molecule has 2 heteroatoms. The van der Waals surface area contributed by atoms with Gasteiger partial charge in [-0.05, 0) is 0 Å². The van der Waals surface area contributed by atoms with E-state index in [1.807, 2.05) is 0 Å². The first-order chi connectivity index (χ1) is 3.39. The molecule has 1 aliphatic heterocycles. The topological polar surface area (TPSA) is 18.5 Å². The minimum absolute atomic E-state index is 0.388. The van der Waals surface area contributed by atoms with Crippen LogP contribution >= 0.6 is 0 Å². The fourth-order valence-corrected chi connectivity index (χ4v) is 0.442. The molecule has 0 aromatic heterocycles. The van der Waals surface area contributed by atoms with Gasteiger partial charge in [-0.3, -0.25) is 0 Å². The second kappa shape index (κ2) is 1.98. The highest BCUT2D eigenvalue weighted by Crippen LogP contribution is 2.05. The summed E-state index contributed by atoms with van der Waals surface area (Å²) in [5.74, 6) is 0.839. The average molecular weight is 100 g/mol. The van der Waals surface area contributed by atoms with Crippen molar-refractivity contribution in [3.05, 3.63) is 12.3 Å². The monoisotopic (exact) mass is 100 g/mol. The van der Waals surface area contributed by atoms with Gasteiger partial charge in [0.25, 0.3) is 0 Å². The molecule has 0 atom stereocenters. The van der Waals surface area contributed by atoms with Crippen molar-refractivity contribution in [3.63, 3.8) is 0 Å². The van der Waals surface area contributed by atoms with Crippen molar-refractivity contribution in [2.75, 3.05) is 13.4 Å². The van der Waals surface area contributed by atoms with E-state index in [1.54, 1.807) is 0 Å². The van der Waals surface area contributed by atoms with E-state index in [0.717, 1.165) is 18.8 Å². The zero-order valence-corrected chi connectivity index (χ0v) is 4.14. The van der Waals surface area contributed by atoms with Gasteiger partial charge in [0.05, 0.1) is 12.4 Å². The summed E-state index contributed by atoms with van der Waals surface area (Å²) >= 11 is 0. The Morgan fingerprint density at radius 1 is 1.57 bits per heavy atom. The van der Waals surface area contributed by atoms with Crippen molar-refractivity contribution >= 4 is 0 Å². The van der Waals surface area contributed by atoms with Crippen LogP contribution in [0.1, 0.15) is 6.42 Å². The van der Waals surface area contributed by atoms with Crippen LogP contribution in [0.5, 0.6) is 0 Å². The second-order valence-corrected chi connectivity index (χ2v) is 1.46. The fourth-order valence-electron chi connectivity index (χ4n) is 0.442. The average Bonchev–Trinajstić information content (AvgIpc) is 1.69. The van der Waals surface area contributed by atoms with Crippen molar-refractivity contribution in [3.8, 4) is 0 Å². The SMILES string of the molecule is C=C1CCOCO1. The lowest BCUT2D eigenvalue weighted by Gasteiger charge is -2.14. The first-order valence-corrected chi connectivity index (χ1v) is 2.28. The lowest BCUT2D eigenvalue weighted by Crippen LogP contribution is -2.08. The smallest absolute Gasteiger partial charge is 0.188 e. The molecular formula is C5H8O2. The summed E-state index contributed by atoms with van der Waals surface area (Å²) in [6.45, 7) is 4.76. The first-order valence-electron chi connectivity index (χ1n) is 2.28. The van der Waals surface area contributed by atoms with Gasteiger partial charge in [-0.2, -0.15) is 0 Å². The predicted molar refractivity (Wildman–Crippen MR) is 25.7 cm³/mol. The molecule has 1 fully saturated rings. The molecule has 2 nitrogen and oxygen atoms in total. The zero-order chi connectivity index (χ0) is 5.11. The normalized spacial score (nSPS) is 21.4. The maximum absolute atomic E-state index is 4.86. The molecule has 1 saturated heterocycles. The molecule has 0 N–H and O–H groups in total. The van der Waals surface area contributed by atoms with Crippen LogP contribution < -0.4 is 0 Å². The molecule has 40 valence electrons. The Morgan fingerprint density at radius 2 is 2.43 bits per heavy atom. The summed E-state index contributed by atoms with van der Waals surface area (Å²) in [4.78, 5) is 0. The number of hydrogen-bond donors (Lipinski definition) is 0. The van der Waals surface area contributed by atoms with Crippen LogP contribution in [-0.2, 0) is 9.47 Å². The summed E-state index contributed by atoms with van der Waals surface area (Å²) in [7, 11) is 0. The maximum atomic E-state index is 4.86. The second-order valence-electron chi connectivity index (χ2n) is 1.46. The molecule has 0 unspecified atom stereocenters. The van der Waals surface area contributed by atoms with E-state index in [9.17, 15) is 0 Å². The van der Waals surface area contributed by atoms with E-state index >= 15 is 0 Å². The number of rotatable bonds is 0. The van der Waals surface area contributed by atoms with Crippen LogP contribution in [0, 0.1) is 0 Å². The van der Waals surface area contributed by atoms with Crippen molar-refractivity contribution in [2.45, 2.75) is 6.42 Å². The summed E-state index contributed by atoms with van der Waals surface area (Å²) < 4.78 is 9.72. The van der Waals surface area contributed by atoms with E-state index < -0.39 is 0 Å². The Hall–Kier alpha value is -0.500. The molecule has 0 radical (unpaired) electrons. The molecule has 1 aliphatic rings. The fraction of sp³-hybridized carbons (Fsp3) is 0.600. The lowest BCUT2D eigenvalue weighted by atomic mass is 10.4. The first kappa shape index (κ1) is 4.65. The van der Waals surface area contributed by atoms with Gasteiger partial charge in [-0.1, -0.05) is 6.58 Å². The highest BCUT2D eigenvalue weighted by Gasteiger charge is 2.00. The molecule has 0 aliphatic carbocycles. The van der Waals surface area contributed by atoms with Crippen LogP contribution in [0.4, 0.5) is 0 Å². The molecule has 0 saturated carbocycles. The van der Waals surface area contributed by atoms with Gasteiger partial charge < -0.3 is 9.47 Å². The Balaban J connectivity index is 2.25. The Kier molecular flexibility index (Phi) is 1.32. The largest absolute Gasteiger partial charge is 0.472 e. The molecular weight excluding hydrogens is 92.1 g/mol. The van der Waals surface area contributed by atoms with Gasteiger partial charge in [-0.25, -0.2) is 0 Å². The Bertz CT molecular complexity index is 70.1. The minimum Gasteiger partial charge on any atom is -0.472 e. The molecule has 0 spiro atoms. The van der Waals surface area contributed by atoms with Crippen molar-refractivity contribution < 1.29 is 9.47 Å². The molecule has 1 heterocycles. The molecule has 7 heavy (non-hydrogen) atoms. The summed E-state index contributed by atoms with van der Waals surface area (Å²) in [5, 5.41) is 0. The Labute approximate surface area is 42.7 Å². The third-order valence-electron chi connectivity index (χ3n) is 0.872. The van der Waals surface area contributed by atoms with E-state index in [-0.39, 0.29) is 0 Å². The van der Waals surface area contributed by atoms with Crippen LogP contribution in [0.15, 0.2) is 12.3 Å². The standard InChI is InChI=1S/C5H8O2/c1-5-2-3-6-4-7-5/h1-4H2. The van der Waals surface area contributed by atoms with Crippen molar-refractivity contribution in [1.29, 1.82) is 0 Å². The van der Waals surface area contributed by atoms with Crippen LogP contribution in [-0.4, -0.2) is 13.4 Å². The summed E-state index contributed by atoms with van der Waals surface area (Å²) in [6, 6.07) is 0. The zero-order valence-electron chi connectivity index (χ0n) is 4.14. The molecule has 0 aromatic rings. The van der Waals surface area contributed by atoms with Crippen molar-refractivity contribution in [2.24, 2.45) is 0 Å². The molecule has 1 rings (SSSR count). The third kappa shape index (κ3) is 1.20. The lowest BCUT2D eigenvalue weighted by molar-refractivity contribution is -0.0595. The summed E-state index contributed by atoms with van der Waals surface area (Å²) in [6.07, 6.45) is 0.847. The van der Waals surface area contributed by atoms with E-state index in [2.05, 4.69) is 6.58 Å². The Morgan fingerprint density at radius 3 is 2.71 bits per heavy atom. The van der Waals surface area contributed by atoms with Crippen LogP contribution in [0.3, 0.4) is 0 Å². The number of hydrogen-bond acceptors (Lipinski definition) is 2. The van der Waals surface area contributed by atoms with Gasteiger partial charge in [-0.15, -0.1) is 0 Å². The third-order valence-corrected chi connectivity index (χ3v) is 0.872.